The van der Waals surface area contributed by atoms with Gasteiger partial charge < -0.3 is 10.5 Å². The minimum absolute atomic E-state index is 0.272. The molecule has 0 spiro atoms. The Morgan fingerprint density at radius 3 is 2.74 bits per heavy atom. The molecule has 0 aliphatic rings. The van der Waals surface area contributed by atoms with Crippen molar-refractivity contribution in [2.45, 2.75) is 11.9 Å². The molecule has 100 valence electrons. The fraction of sp³-hybridized carbons (Fsp3) is 0.250. The summed E-state index contributed by atoms with van der Waals surface area (Å²) < 4.78 is 6.52. The molecule has 2 aromatic rings. The molecule has 2 aromatic heterocycles. The molecule has 7 heteroatoms. The van der Waals surface area contributed by atoms with E-state index in [1.165, 1.54) is 16.4 Å². The van der Waals surface area contributed by atoms with Gasteiger partial charge in [-0.2, -0.15) is 5.10 Å². The Hall–Kier alpha value is -2.02. The second-order valence-electron chi connectivity index (χ2n) is 3.61. The van der Waals surface area contributed by atoms with Crippen molar-refractivity contribution in [1.82, 2.24) is 14.8 Å². The summed E-state index contributed by atoms with van der Waals surface area (Å²) in [4.78, 5) is 15.8. The van der Waals surface area contributed by atoms with Gasteiger partial charge >= 0.3 is 5.97 Å². The standard InChI is InChI=1S/C12H14N4O2S/c1-3-18-12(17)9-10(13)16(15-11(9)19-2)8-4-6-14-7-5-8/h4-7H,3,13H2,1-2H3. The first-order valence-corrected chi connectivity index (χ1v) is 6.91. The Bertz CT molecular complexity index is 583. The zero-order valence-electron chi connectivity index (χ0n) is 10.7. The molecule has 0 bridgehead atoms. The minimum atomic E-state index is -0.454. The van der Waals surface area contributed by atoms with Gasteiger partial charge in [-0.1, -0.05) is 0 Å². The van der Waals surface area contributed by atoms with Crippen LogP contribution in [0.5, 0.6) is 0 Å². The Labute approximate surface area is 115 Å². The third-order valence-electron chi connectivity index (χ3n) is 2.47. The number of nitrogens with two attached hydrogens (primary N) is 1. The number of esters is 1. The molecular formula is C12H14N4O2S. The van der Waals surface area contributed by atoms with Crippen LogP contribution in [0.25, 0.3) is 5.69 Å². The van der Waals surface area contributed by atoms with Crippen molar-refractivity contribution >= 4 is 23.5 Å². The summed E-state index contributed by atoms with van der Waals surface area (Å²) in [7, 11) is 0. The smallest absolute Gasteiger partial charge is 0.344 e. The number of carbonyl (C=O) groups excluding carboxylic acids is 1. The number of nitrogens with zero attached hydrogens (tertiary/aromatic N) is 3. The molecule has 6 nitrogen and oxygen atoms in total. The number of ether oxygens (including phenoxy) is 1. The fourth-order valence-corrected chi connectivity index (χ4v) is 2.19. The molecule has 0 saturated heterocycles. The second kappa shape index (κ2) is 5.75. The summed E-state index contributed by atoms with van der Waals surface area (Å²) >= 11 is 1.35. The van der Waals surface area contributed by atoms with Crippen LogP contribution < -0.4 is 5.73 Å². The van der Waals surface area contributed by atoms with Gasteiger partial charge in [-0.3, -0.25) is 4.98 Å². The lowest BCUT2D eigenvalue weighted by molar-refractivity contribution is 0.0523. The van der Waals surface area contributed by atoms with Crippen LogP contribution in [0.4, 0.5) is 5.82 Å². The van der Waals surface area contributed by atoms with Crippen molar-refractivity contribution in [2.75, 3.05) is 18.6 Å². The highest BCUT2D eigenvalue weighted by atomic mass is 32.2. The highest BCUT2D eigenvalue weighted by Gasteiger charge is 2.23. The van der Waals surface area contributed by atoms with Crippen LogP contribution in [0.2, 0.25) is 0 Å². The number of rotatable bonds is 4. The third kappa shape index (κ3) is 2.55. The lowest BCUT2D eigenvalue weighted by atomic mass is 10.3. The maximum atomic E-state index is 11.9. The lowest BCUT2D eigenvalue weighted by Crippen LogP contribution is -2.09. The highest BCUT2D eigenvalue weighted by molar-refractivity contribution is 7.98. The molecule has 19 heavy (non-hydrogen) atoms. The van der Waals surface area contributed by atoms with E-state index in [1.54, 1.807) is 31.5 Å². The van der Waals surface area contributed by atoms with Gasteiger partial charge in [-0.25, -0.2) is 9.48 Å². The average molecular weight is 278 g/mol. The van der Waals surface area contributed by atoms with E-state index >= 15 is 0 Å². The van der Waals surface area contributed by atoms with Crippen LogP contribution >= 0.6 is 11.8 Å². The van der Waals surface area contributed by atoms with Gasteiger partial charge in [0.2, 0.25) is 0 Å². The van der Waals surface area contributed by atoms with E-state index in [0.29, 0.717) is 17.2 Å². The summed E-state index contributed by atoms with van der Waals surface area (Å²) in [5, 5.41) is 4.88. The van der Waals surface area contributed by atoms with E-state index in [9.17, 15) is 4.79 Å². The third-order valence-corrected chi connectivity index (χ3v) is 3.14. The summed E-state index contributed by atoms with van der Waals surface area (Å²) in [6, 6.07) is 3.53. The predicted octanol–water partition coefficient (Wildman–Crippen LogP) is 1.75. The molecule has 0 aliphatic heterocycles. The Balaban J connectivity index is 2.51. The summed E-state index contributed by atoms with van der Waals surface area (Å²) in [6.07, 6.45) is 5.11. The molecule has 0 unspecified atom stereocenters. The molecular weight excluding hydrogens is 264 g/mol. The number of hydrogen-bond donors (Lipinski definition) is 1. The zero-order chi connectivity index (χ0) is 13.8. The van der Waals surface area contributed by atoms with Crippen molar-refractivity contribution in [2.24, 2.45) is 0 Å². The maximum absolute atomic E-state index is 11.9. The molecule has 0 aromatic carbocycles. The lowest BCUT2D eigenvalue weighted by Gasteiger charge is -2.04. The normalized spacial score (nSPS) is 10.4. The molecule has 2 N–H and O–H groups in total. The van der Waals surface area contributed by atoms with Crippen LogP contribution in [-0.4, -0.2) is 33.6 Å². The Morgan fingerprint density at radius 2 is 2.16 bits per heavy atom. The first-order valence-electron chi connectivity index (χ1n) is 5.69. The van der Waals surface area contributed by atoms with E-state index < -0.39 is 5.97 Å². The maximum Gasteiger partial charge on any atom is 0.344 e. The zero-order valence-corrected chi connectivity index (χ0v) is 11.5. The average Bonchev–Trinajstić information content (AvgIpc) is 2.77. The molecule has 0 radical (unpaired) electrons. The molecule has 0 fully saturated rings. The van der Waals surface area contributed by atoms with Crippen LogP contribution in [0.15, 0.2) is 29.6 Å². The predicted molar refractivity (Wildman–Crippen MR) is 73.5 cm³/mol. The van der Waals surface area contributed by atoms with Crippen molar-refractivity contribution in [3.05, 3.63) is 30.1 Å². The highest BCUT2D eigenvalue weighted by Crippen LogP contribution is 2.27. The number of nitrogen functional groups attached to an aromatic ring is 1. The number of anilines is 1. The van der Waals surface area contributed by atoms with Gasteiger partial charge in [0.1, 0.15) is 16.4 Å². The fourth-order valence-electron chi connectivity index (χ4n) is 1.63. The quantitative estimate of drug-likeness (QED) is 0.677. The van der Waals surface area contributed by atoms with E-state index in [1.807, 2.05) is 6.26 Å². The first-order chi connectivity index (χ1) is 9.19. The number of thioether (sulfide) groups is 1. The van der Waals surface area contributed by atoms with Crippen molar-refractivity contribution in [3.8, 4) is 5.69 Å². The number of pyridine rings is 1. The first kappa shape index (κ1) is 13.4. The summed E-state index contributed by atoms with van der Waals surface area (Å²) in [5.41, 5.74) is 7.07. The van der Waals surface area contributed by atoms with Crippen molar-refractivity contribution in [3.63, 3.8) is 0 Å². The number of aromatic nitrogens is 3. The van der Waals surface area contributed by atoms with Crippen LogP contribution in [0.1, 0.15) is 17.3 Å². The Morgan fingerprint density at radius 1 is 1.47 bits per heavy atom. The van der Waals surface area contributed by atoms with E-state index in [-0.39, 0.29) is 5.82 Å². The Kier molecular flexibility index (Phi) is 4.06. The summed E-state index contributed by atoms with van der Waals surface area (Å²) in [5.74, 6) is -0.182. The molecule has 0 saturated carbocycles. The molecule has 0 aliphatic carbocycles. The molecule has 2 heterocycles. The van der Waals surface area contributed by atoms with E-state index in [4.69, 9.17) is 10.5 Å². The van der Waals surface area contributed by atoms with Gasteiger partial charge in [0.25, 0.3) is 0 Å². The van der Waals surface area contributed by atoms with Crippen LogP contribution in [0, 0.1) is 0 Å². The summed E-state index contributed by atoms with van der Waals surface area (Å²) in [6.45, 7) is 2.05. The number of hydrogen-bond acceptors (Lipinski definition) is 6. The van der Waals surface area contributed by atoms with Crippen LogP contribution in [-0.2, 0) is 4.74 Å². The molecule has 0 atom stereocenters. The van der Waals surface area contributed by atoms with Gasteiger partial charge in [0.15, 0.2) is 0 Å². The number of carbonyl (C=O) groups is 1. The van der Waals surface area contributed by atoms with Gasteiger partial charge in [-0.05, 0) is 25.3 Å². The monoisotopic (exact) mass is 278 g/mol. The largest absolute Gasteiger partial charge is 0.462 e. The minimum Gasteiger partial charge on any atom is -0.462 e. The molecule has 0 amide bonds. The van der Waals surface area contributed by atoms with E-state index in [2.05, 4.69) is 10.1 Å². The van der Waals surface area contributed by atoms with E-state index in [0.717, 1.165) is 5.69 Å². The SMILES string of the molecule is CCOC(=O)c1c(SC)nn(-c2ccncc2)c1N. The van der Waals surface area contributed by atoms with Crippen LogP contribution in [0.3, 0.4) is 0 Å². The van der Waals surface area contributed by atoms with Gasteiger partial charge in [0, 0.05) is 12.4 Å². The van der Waals surface area contributed by atoms with Gasteiger partial charge in [-0.15, -0.1) is 11.8 Å². The molecule has 2 rings (SSSR count). The van der Waals surface area contributed by atoms with Crippen molar-refractivity contribution in [1.29, 1.82) is 0 Å². The topological polar surface area (TPSA) is 83.0 Å². The van der Waals surface area contributed by atoms with Crippen molar-refractivity contribution < 1.29 is 9.53 Å². The second-order valence-corrected chi connectivity index (χ2v) is 4.40. The van der Waals surface area contributed by atoms with Gasteiger partial charge in [0.05, 0.1) is 12.3 Å².